The van der Waals surface area contributed by atoms with Crippen LogP contribution >= 0.6 is 22.9 Å². The maximum Gasteiger partial charge on any atom is 0.252 e. The van der Waals surface area contributed by atoms with Gasteiger partial charge in [0.25, 0.3) is 5.91 Å². The fourth-order valence-corrected chi connectivity index (χ4v) is 6.96. The van der Waals surface area contributed by atoms with Gasteiger partial charge in [0.2, 0.25) is 10.0 Å². The van der Waals surface area contributed by atoms with Gasteiger partial charge in [0.1, 0.15) is 11.3 Å². The molecular weight excluding hydrogens is 482 g/mol. The van der Waals surface area contributed by atoms with Crippen molar-refractivity contribution < 1.29 is 17.9 Å². The number of methoxy groups -OCH3 is 1. The highest BCUT2D eigenvalue weighted by Crippen LogP contribution is 2.31. The third-order valence-corrected chi connectivity index (χ3v) is 9.26. The van der Waals surface area contributed by atoms with E-state index >= 15 is 0 Å². The highest BCUT2D eigenvalue weighted by atomic mass is 35.5. The van der Waals surface area contributed by atoms with Crippen molar-refractivity contribution in [2.75, 3.05) is 20.2 Å². The molecule has 1 atom stereocenters. The van der Waals surface area contributed by atoms with E-state index in [1.165, 1.54) is 27.8 Å². The Bertz CT molecular complexity index is 1360. The minimum atomic E-state index is -3.70. The van der Waals surface area contributed by atoms with Gasteiger partial charge < -0.3 is 9.30 Å². The topological polar surface area (TPSA) is 81.0 Å². The van der Waals surface area contributed by atoms with Crippen LogP contribution < -0.4 is 9.54 Å². The zero-order valence-corrected chi connectivity index (χ0v) is 21.1. The lowest BCUT2D eigenvalue weighted by Crippen LogP contribution is -2.42. The van der Waals surface area contributed by atoms with Crippen LogP contribution in [0.1, 0.15) is 25.3 Å². The summed E-state index contributed by atoms with van der Waals surface area (Å²) in [7, 11) is -2.08. The first-order valence-electron chi connectivity index (χ1n) is 10.8. The molecule has 7 nitrogen and oxygen atoms in total. The lowest BCUT2D eigenvalue weighted by Gasteiger charge is -2.30. The van der Waals surface area contributed by atoms with Crippen molar-refractivity contribution in [2.45, 2.75) is 38.1 Å². The van der Waals surface area contributed by atoms with E-state index in [9.17, 15) is 13.2 Å². The second kappa shape index (κ2) is 9.58. The number of amides is 1. The molecule has 176 valence electrons. The number of ether oxygens (including phenoxy) is 1. The maximum absolute atomic E-state index is 13.2. The van der Waals surface area contributed by atoms with Gasteiger partial charge in [0, 0.05) is 24.7 Å². The van der Waals surface area contributed by atoms with Gasteiger partial charge in [-0.25, -0.2) is 8.42 Å². The minimum absolute atomic E-state index is 0.118. The first kappa shape index (κ1) is 23.9. The number of aryl methyl sites for hydroxylation is 2. The number of rotatable bonds is 5. The van der Waals surface area contributed by atoms with Crippen molar-refractivity contribution in [3.05, 3.63) is 51.8 Å². The second-order valence-corrected chi connectivity index (χ2v) is 11.3. The van der Waals surface area contributed by atoms with Crippen LogP contribution in [-0.4, -0.2) is 43.4 Å². The van der Waals surface area contributed by atoms with Crippen molar-refractivity contribution in [2.24, 2.45) is 10.9 Å². The summed E-state index contributed by atoms with van der Waals surface area (Å²) in [4.78, 5) is 18.4. The number of benzene rings is 2. The molecule has 2 heterocycles. The van der Waals surface area contributed by atoms with Crippen molar-refractivity contribution in [3.63, 3.8) is 0 Å². The van der Waals surface area contributed by atoms with E-state index in [4.69, 9.17) is 16.3 Å². The van der Waals surface area contributed by atoms with E-state index in [0.717, 1.165) is 21.5 Å². The van der Waals surface area contributed by atoms with E-state index in [1.807, 2.05) is 30.5 Å². The Labute approximate surface area is 202 Å². The number of thiazole rings is 1. The van der Waals surface area contributed by atoms with Crippen LogP contribution in [0.5, 0.6) is 5.75 Å². The van der Waals surface area contributed by atoms with Crippen molar-refractivity contribution in [1.29, 1.82) is 0 Å². The van der Waals surface area contributed by atoms with Gasteiger partial charge in [0.15, 0.2) is 4.80 Å². The Morgan fingerprint density at radius 1 is 1.24 bits per heavy atom. The monoisotopic (exact) mass is 507 g/mol. The van der Waals surface area contributed by atoms with Crippen molar-refractivity contribution in [1.82, 2.24) is 8.87 Å². The van der Waals surface area contributed by atoms with Crippen LogP contribution in [0.15, 0.2) is 46.3 Å². The van der Waals surface area contributed by atoms with E-state index in [2.05, 4.69) is 4.99 Å². The average Bonchev–Trinajstić information content (AvgIpc) is 3.18. The Kier molecular flexibility index (Phi) is 6.95. The van der Waals surface area contributed by atoms with Gasteiger partial charge in [-0.05, 0) is 62.6 Å². The number of piperidine rings is 1. The summed E-state index contributed by atoms with van der Waals surface area (Å²) in [6.45, 7) is 5.15. The minimum Gasteiger partial charge on any atom is -0.495 e. The number of halogens is 1. The first-order chi connectivity index (χ1) is 15.8. The largest absolute Gasteiger partial charge is 0.495 e. The zero-order chi connectivity index (χ0) is 23.8. The molecule has 4 rings (SSSR count). The molecule has 3 aromatic rings. The summed E-state index contributed by atoms with van der Waals surface area (Å²) in [5.74, 6) is -0.0452. The summed E-state index contributed by atoms with van der Waals surface area (Å²) in [5.41, 5.74) is 2.01. The molecule has 1 amide bonds. The highest BCUT2D eigenvalue weighted by molar-refractivity contribution is 7.89. The van der Waals surface area contributed by atoms with E-state index in [1.54, 1.807) is 19.2 Å². The molecule has 1 saturated heterocycles. The molecule has 1 aliphatic rings. The molecule has 10 heteroatoms. The van der Waals surface area contributed by atoms with Gasteiger partial charge in [-0.3, -0.25) is 4.79 Å². The standard InChI is InChI=1S/C23H26ClN3O4S2/c1-4-27-20-19(31-3)12-7-15(2)21(20)32-23(27)25-22(28)16-6-5-13-26(14-16)33(29,30)18-10-8-17(24)9-11-18/h7-12,16H,4-6,13-14H2,1-3H3. The number of aromatic nitrogens is 1. The number of fused-ring (bicyclic) bond motifs is 1. The second-order valence-electron chi connectivity index (χ2n) is 8.00. The Morgan fingerprint density at radius 3 is 2.64 bits per heavy atom. The maximum atomic E-state index is 13.2. The quantitative estimate of drug-likeness (QED) is 0.517. The molecular formula is C23H26ClN3O4S2. The molecule has 0 spiro atoms. The van der Waals surface area contributed by atoms with Crippen LogP contribution in [0.25, 0.3) is 10.2 Å². The third-order valence-electron chi connectivity index (χ3n) is 5.91. The van der Waals surface area contributed by atoms with Gasteiger partial charge in [-0.15, -0.1) is 0 Å². The molecule has 0 saturated carbocycles. The number of sulfonamides is 1. The zero-order valence-electron chi connectivity index (χ0n) is 18.7. The lowest BCUT2D eigenvalue weighted by atomic mass is 9.99. The molecule has 0 N–H and O–H groups in total. The van der Waals surface area contributed by atoms with E-state index in [-0.39, 0.29) is 17.3 Å². The number of hydrogen-bond acceptors (Lipinski definition) is 5. The van der Waals surface area contributed by atoms with E-state index < -0.39 is 15.9 Å². The van der Waals surface area contributed by atoms with Gasteiger partial charge in [0.05, 0.1) is 22.6 Å². The Morgan fingerprint density at radius 2 is 1.97 bits per heavy atom. The Balaban J connectivity index is 1.66. The van der Waals surface area contributed by atoms with Crippen LogP contribution in [0, 0.1) is 12.8 Å². The fraction of sp³-hybridized carbons (Fsp3) is 0.391. The van der Waals surface area contributed by atoms with Crippen molar-refractivity contribution >= 4 is 49.1 Å². The summed E-state index contributed by atoms with van der Waals surface area (Å²) in [6.07, 6.45) is 1.21. The molecule has 0 bridgehead atoms. The molecule has 1 aliphatic heterocycles. The summed E-state index contributed by atoms with van der Waals surface area (Å²) in [5, 5.41) is 0.471. The van der Waals surface area contributed by atoms with E-state index in [0.29, 0.717) is 35.8 Å². The lowest BCUT2D eigenvalue weighted by molar-refractivity contribution is -0.122. The average molecular weight is 508 g/mol. The number of nitrogens with zero attached hydrogens (tertiary/aromatic N) is 3. The number of carbonyl (C=O) groups is 1. The van der Waals surface area contributed by atoms with Crippen LogP contribution in [0.2, 0.25) is 5.02 Å². The SMILES string of the molecule is CCn1c(=NC(=O)C2CCCN(S(=O)(=O)c3ccc(Cl)cc3)C2)sc2c(C)ccc(OC)c21. The van der Waals surface area contributed by atoms with Gasteiger partial charge >= 0.3 is 0 Å². The van der Waals surface area contributed by atoms with Crippen LogP contribution in [0.3, 0.4) is 0 Å². The fourth-order valence-electron chi connectivity index (χ4n) is 4.13. The van der Waals surface area contributed by atoms with Gasteiger partial charge in [-0.2, -0.15) is 9.30 Å². The summed E-state index contributed by atoms with van der Waals surface area (Å²) in [6, 6.07) is 10.00. The number of hydrogen-bond donors (Lipinski definition) is 0. The Hall–Kier alpha value is -2.20. The predicted octanol–water partition coefficient (Wildman–Crippen LogP) is 4.22. The molecule has 33 heavy (non-hydrogen) atoms. The summed E-state index contributed by atoms with van der Waals surface area (Å²) >= 11 is 7.35. The van der Waals surface area contributed by atoms with Crippen LogP contribution in [0.4, 0.5) is 0 Å². The normalized spacial score (nSPS) is 18.1. The number of carbonyl (C=O) groups excluding carboxylic acids is 1. The highest BCUT2D eigenvalue weighted by Gasteiger charge is 2.33. The summed E-state index contributed by atoms with van der Waals surface area (Å²) < 4.78 is 36.1. The third kappa shape index (κ3) is 4.59. The molecule has 0 radical (unpaired) electrons. The van der Waals surface area contributed by atoms with Gasteiger partial charge in [-0.1, -0.05) is 29.0 Å². The molecule has 1 fully saturated rings. The predicted molar refractivity (Wildman–Crippen MR) is 130 cm³/mol. The molecule has 1 unspecified atom stereocenters. The van der Waals surface area contributed by atoms with Crippen LogP contribution in [-0.2, 0) is 21.4 Å². The molecule has 1 aromatic heterocycles. The molecule has 0 aliphatic carbocycles. The van der Waals surface area contributed by atoms with Crippen molar-refractivity contribution in [3.8, 4) is 5.75 Å². The molecule has 2 aromatic carbocycles. The smallest absolute Gasteiger partial charge is 0.252 e. The first-order valence-corrected chi connectivity index (χ1v) is 13.4.